The number of likely N-dealkylation sites (tertiary alicyclic amines) is 1. The maximum atomic E-state index is 11.5. The van der Waals surface area contributed by atoms with E-state index in [0.717, 1.165) is 0 Å². The normalized spacial score (nSPS) is 17.2. The van der Waals surface area contributed by atoms with Gasteiger partial charge >= 0.3 is 0 Å². The molecule has 0 saturated carbocycles. The summed E-state index contributed by atoms with van der Waals surface area (Å²) in [5.74, 6) is 0.217. The third-order valence-electron chi connectivity index (χ3n) is 2.23. The summed E-state index contributed by atoms with van der Waals surface area (Å²) >= 11 is 0. The van der Waals surface area contributed by atoms with E-state index in [2.05, 4.69) is 9.97 Å². The van der Waals surface area contributed by atoms with E-state index in [-0.39, 0.29) is 18.4 Å². The Morgan fingerprint density at radius 3 is 3.08 bits per heavy atom. The van der Waals surface area contributed by atoms with Crippen molar-refractivity contribution >= 4 is 5.91 Å². The van der Waals surface area contributed by atoms with Crippen LogP contribution in [0.15, 0.2) is 12.5 Å². The van der Waals surface area contributed by atoms with Crippen molar-refractivity contribution in [3.63, 3.8) is 0 Å². The molecule has 0 atom stereocenters. The molecule has 1 aliphatic heterocycles. The Kier molecular flexibility index (Phi) is 2.02. The van der Waals surface area contributed by atoms with Crippen molar-refractivity contribution in [2.45, 2.75) is 0 Å². The Bertz CT molecular complexity index is 290. The monoisotopic (exact) mass is 181 g/mol. The summed E-state index contributed by atoms with van der Waals surface area (Å²) in [6.07, 6.45) is 2.99. The zero-order valence-corrected chi connectivity index (χ0v) is 7.10. The van der Waals surface area contributed by atoms with E-state index in [1.807, 2.05) is 0 Å². The lowest BCUT2D eigenvalue weighted by atomic mass is 10.0. The molecule has 1 saturated heterocycles. The second-order valence-electron chi connectivity index (χ2n) is 3.22. The van der Waals surface area contributed by atoms with Crippen LogP contribution < -0.4 is 0 Å². The lowest BCUT2D eigenvalue weighted by Crippen LogP contribution is -2.51. The maximum Gasteiger partial charge on any atom is 0.271 e. The fourth-order valence-corrected chi connectivity index (χ4v) is 1.39. The van der Waals surface area contributed by atoms with Gasteiger partial charge in [0.25, 0.3) is 5.91 Å². The largest absolute Gasteiger partial charge is 0.396 e. The van der Waals surface area contributed by atoms with Gasteiger partial charge < -0.3 is 15.0 Å². The first-order valence-electron chi connectivity index (χ1n) is 4.19. The van der Waals surface area contributed by atoms with Crippen molar-refractivity contribution in [1.82, 2.24) is 14.9 Å². The van der Waals surface area contributed by atoms with Crippen LogP contribution in [-0.4, -0.2) is 45.6 Å². The number of hydrogen-bond donors (Lipinski definition) is 2. The second kappa shape index (κ2) is 3.18. The van der Waals surface area contributed by atoms with E-state index < -0.39 is 0 Å². The number of carbonyl (C=O) groups is 1. The highest BCUT2D eigenvalue weighted by Gasteiger charge is 2.30. The van der Waals surface area contributed by atoms with Crippen LogP contribution in [0.5, 0.6) is 0 Å². The van der Waals surface area contributed by atoms with E-state index >= 15 is 0 Å². The molecule has 0 unspecified atom stereocenters. The van der Waals surface area contributed by atoms with Crippen molar-refractivity contribution in [2.24, 2.45) is 5.92 Å². The fraction of sp³-hybridized carbons (Fsp3) is 0.500. The zero-order valence-electron chi connectivity index (χ0n) is 7.10. The minimum Gasteiger partial charge on any atom is -0.396 e. The van der Waals surface area contributed by atoms with Gasteiger partial charge in [0.15, 0.2) is 0 Å². The number of aromatic nitrogens is 2. The van der Waals surface area contributed by atoms with Gasteiger partial charge in [0, 0.05) is 25.6 Å². The number of carbonyl (C=O) groups excluding carboxylic acids is 1. The Morgan fingerprint density at radius 1 is 1.77 bits per heavy atom. The molecule has 1 fully saturated rings. The Hall–Kier alpha value is -1.36. The number of aliphatic hydroxyl groups excluding tert-OH is 1. The molecule has 0 bridgehead atoms. The number of rotatable bonds is 2. The van der Waals surface area contributed by atoms with Gasteiger partial charge in [0.2, 0.25) is 0 Å². The lowest BCUT2D eigenvalue weighted by molar-refractivity contribution is 0.0357. The van der Waals surface area contributed by atoms with E-state index in [4.69, 9.17) is 5.11 Å². The molecule has 13 heavy (non-hydrogen) atoms. The van der Waals surface area contributed by atoms with Gasteiger partial charge in [0.1, 0.15) is 5.69 Å². The summed E-state index contributed by atoms with van der Waals surface area (Å²) in [6.45, 7) is 1.45. The lowest BCUT2D eigenvalue weighted by Gasteiger charge is -2.37. The first-order chi connectivity index (χ1) is 6.31. The van der Waals surface area contributed by atoms with Crippen molar-refractivity contribution in [2.75, 3.05) is 19.7 Å². The molecule has 1 aliphatic rings. The van der Waals surface area contributed by atoms with Gasteiger partial charge in [-0.2, -0.15) is 0 Å². The highest BCUT2D eigenvalue weighted by Crippen LogP contribution is 2.16. The van der Waals surface area contributed by atoms with Gasteiger partial charge in [-0.3, -0.25) is 4.79 Å². The zero-order chi connectivity index (χ0) is 9.26. The number of H-pyrrole nitrogens is 1. The summed E-state index contributed by atoms with van der Waals surface area (Å²) in [5, 5.41) is 8.76. The molecular formula is C8H11N3O2. The van der Waals surface area contributed by atoms with Gasteiger partial charge in [-0.15, -0.1) is 0 Å². The van der Waals surface area contributed by atoms with Crippen LogP contribution in [0.25, 0.3) is 0 Å². The smallest absolute Gasteiger partial charge is 0.271 e. The molecule has 1 aromatic heterocycles. The second-order valence-corrected chi connectivity index (χ2v) is 3.22. The number of nitrogens with zero attached hydrogens (tertiary/aromatic N) is 2. The van der Waals surface area contributed by atoms with Crippen LogP contribution in [0.2, 0.25) is 0 Å². The molecule has 1 aromatic rings. The Balaban J connectivity index is 1.94. The van der Waals surface area contributed by atoms with Crippen LogP contribution in [-0.2, 0) is 0 Å². The van der Waals surface area contributed by atoms with E-state index in [1.165, 1.54) is 12.5 Å². The fourth-order valence-electron chi connectivity index (χ4n) is 1.39. The van der Waals surface area contributed by atoms with Crippen LogP contribution in [0.4, 0.5) is 0 Å². The molecule has 0 aromatic carbocycles. The van der Waals surface area contributed by atoms with Gasteiger partial charge in [-0.1, -0.05) is 0 Å². The average Bonchev–Trinajstić information content (AvgIpc) is 2.53. The van der Waals surface area contributed by atoms with Crippen LogP contribution in [0.3, 0.4) is 0 Å². The third-order valence-corrected chi connectivity index (χ3v) is 2.23. The number of imidazole rings is 1. The van der Waals surface area contributed by atoms with Crippen LogP contribution in [0.1, 0.15) is 10.5 Å². The number of nitrogens with one attached hydrogen (secondary N) is 1. The quantitative estimate of drug-likeness (QED) is 0.644. The van der Waals surface area contributed by atoms with Crippen molar-refractivity contribution < 1.29 is 9.90 Å². The number of hydrogen-bond acceptors (Lipinski definition) is 3. The summed E-state index contributed by atoms with van der Waals surface area (Å²) in [4.78, 5) is 19.7. The predicted octanol–water partition coefficient (Wildman–Crippen LogP) is -0.526. The molecule has 5 nitrogen and oxygen atoms in total. The molecular weight excluding hydrogens is 170 g/mol. The number of amides is 1. The standard InChI is InChI=1S/C8H11N3O2/c12-4-6-2-11(3-6)8(13)7-1-9-5-10-7/h1,5-6,12H,2-4H2,(H,9,10). The van der Waals surface area contributed by atoms with Crippen molar-refractivity contribution in [3.8, 4) is 0 Å². The molecule has 2 N–H and O–H groups in total. The molecule has 70 valence electrons. The maximum absolute atomic E-state index is 11.5. The van der Waals surface area contributed by atoms with E-state index in [9.17, 15) is 4.79 Å². The Labute approximate surface area is 75.4 Å². The topological polar surface area (TPSA) is 69.2 Å². The molecule has 5 heteroatoms. The molecule has 0 radical (unpaired) electrons. The van der Waals surface area contributed by atoms with E-state index in [0.29, 0.717) is 18.8 Å². The predicted molar refractivity (Wildman–Crippen MR) is 45.1 cm³/mol. The van der Waals surface area contributed by atoms with Crippen molar-refractivity contribution in [3.05, 3.63) is 18.2 Å². The minimum atomic E-state index is -0.0396. The van der Waals surface area contributed by atoms with Gasteiger partial charge in [-0.25, -0.2) is 4.98 Å². The van der Waals surface area contributed by atoms with Crippen molar-refractivity contribution in [1.29, 1.82) is 0 Å². The van der Waals surface area contributed by atoms with Crippen LogP contribution >= 0.6 is 0 Å². The molecule has 2 rings (SSSR count). The van der Waals surface area contributed by atoms with E-state index in [1.54, 1.807) is 4.90 Å². The minimum absolute atomic E-state index is 0.0396. The first kappa shape index (κ1) is 8.25. The highest BCUT2D eigenvalue weighted by molar-refractivity contribution is 5.92. The summed E-state index contributed by atoms with van der Waals surface area (Å²) in [5.41, 5.74) is 0.511. The highest BCUT2D eigenvalue weighted by atomic mass is 16.3. The molecule has 0 spiro atoms. The third kappa shape index (κ3) is 1.42. The summed E-state index contributed by atoms with van der Waals surface area (Å²) in [7, 11) is 0. The first-order valence-corrected chi connectivity index (χ1v) is 4.19. The summed E-state index contributed by atoms with van der Waals surface area (Å²) < 4.78 is 0. The van der Waals surface area contributed by atoms with Gasteiger partial charge in [0.05, 0.1) is 12.5 Å². The summed E-state index contributed by atoms with van der Waals surface area (Å²) in [6, 6.07) is 0. The molecule has 2 heterocycles. The SMILES string of the molecule is O=C(c1cnc[nH]1)N1CC(CO)C1. The molecule has 0 aliphatic carbocycles. The van der Waals surface area contributed by atoms with Gasteiger partial charge in [-0.05, 0) is 0 Å². The number of aromatic amines is 1. The molecule has 1 amide bonds. The average molecular weight is 181 g/mol. The van der Waals surface area contributed by atoms with Crippen LogP contribution in [0, 0.1) is 5.92 Å². The Morgan fingerprint density at radius 2 is 2.54 bits per heavy atom. The number of aliphatic hydroxyl groups is 1.